The van der Waals surface area contributed by atoms with Crippen LogP contribution in [0.15, 0.2) is 29.3 Å². The lowest BCUT2D eigenvalue weighted by Gasteiger charge is -2.31. The van der Waals surface area contributed by atoms with Crippen LogP contribution in [-0.4, -0.2) is 58.2 Å². The van der Waals surface area contributed by atoms with E-state index in [0.717, 1.165) is 10.5 Å². The quantitative estimate of drug-likeness (QED) is 0.451. The highest BCUT2D eigenvalue weighted by Crippen LogP contribution is 2.20. The van der Waals surface area contributed by atoms with Gasteiger partial charge in [-0.25, -0.2) is 14.8 Å². The molecule has 0 spiro atoms. The minimum atomic E-state index is -0.701. The fraction of sp³-hybridized carbons (Fsp3) is 0.286. The summed E-state index contributed by atoms with van der Waals surface area (Å²) in [4.78, 5) is 31.3. The minimum absolute atomic E-state index is 0.327. The van der Waals surface area contributed by atoms with E-state index < -0.39 is 12.1 Å². The summed E-state index contributed by atoms with van der Waals surface area (Å²) < 4.78 is 1.71. The van der Waals surface area contributed by atoms with Gasteiger partial charge in [0.1, 0.15) is 0 Å². The lowest BCUT2D eigenvalue weighted by Crippen LogP contribution is -2.61. The SMILES string of the molecule is CN1C(=O)C2C(=NC(NN)=[N+]2Cc2cccc(Cl)c2)N(C)C1=O. The van der Waals surface area contributed by atoms with E-state index in [-0.39, 0.29) is 5.91 Å². The molecule has 2 heterocycles. The molecule has 1 fully saturated rings. The van der Waals surface area contributed by atoms with Crippen LogP contribution in [0.4, 0.5) is 4.79 Å². The lowest BCUT2D eigenvalue weighted by atomic mass is 10.1. The highest BCUT2D eigenvalue weighted by atomic mass is 35.5. The summed E-state index contributed by atoms with van der Waals surface area (Å²) in [6.45, 7) is 0.374. The molecule has 120 valence electrons. The Morgan fingerprint density at radius 3 is 2.74 bits per heavy atom. The molecule has 1 unspecified atom stereocenters. The van der Waals surface area contributed by atoms with Crippen LogP contribution in [0.5, 0.6) is 0 Å². The third kappa shape index (κ3) is 2.45. The second-order valence-electron chi connectivity index (χ2n) is 5.34. The van der Waals surface area contributed by atoms with E-state index in [1.807, 2.05) is 12.1 Å². The Balaban J connectivity index is 2.00. The Morgan fingerprint density at radius 1 is 1.35 bits per heavy atom. The molecule has 0 radical (unpaired) electrons. The van der Waals surface area contributed by atoms with Gasteiger partial charge in [-0.2, -0.15) is 5.84 Å². The Kier molecular flexibility index (Phi) is 3.78. The minimum Gasteiger partial charge on any atom is -0.270 e. The maximum absolute atomic E-state index is 12.5. The highest BCUT2D eigenvalue weighted by Gasteiger charge is 2.51. The number of benzene rings is 1. The number of aliphatic imine (C=N–C) groups is 1. The number of imide groups is 1. The van der Waals surface area contributed by atoms with Gasteiger partial charge < -0.3 is 0 Å². The van der Waals surface area contributed by atoms with Crippen molar-refractivity contribution in [1.82, 2.24) is 15.2 Å². The zero-order valence-electron chi connectivity index (χ0n) is 12.7. The average Bonchev–Trinajstić information content (AvgIpc) is 2.89. The second kappa shape index (κ2) is 5.64. The maximum Gasteiger partial charge on any atom is 0.407 e. The van der Waals surface area contributed by atoms with Crippen molar-refractivity contribution in [2.75, 3.05) is 14.1 Å². The molecular formula is C14H16ClN6O2+. The fourth-order valence-corrected chi connectivity index (χ4v) is 2.92. The predicted octanol–water partition coefficient (Wildman–Crippen LogP) is -0.0237. The molecule has 9 heteroatoms. The van der Waals surface area contributed by atoms with Crippen molar-refractivity contribution in [3.05, 3.63) is 34.9 Å². The van der Waals surface area contributed by atoms with Gasteiger partial charge in [-0.3, -0.25) is 14.6 Å². The Labute approximate surface area is 137 Å². The monoisotopic (exact) mass is 335 g/mol. The summed E-state index contributed by atoms with van der Waals surface area (Å²) >= 11 is 6.01. The van der Waals surface area contributed by atoms with Crippen LogP contribution in [0, 0.1) is 0 Å². The van der Waals surface area contributed by atoms with E-state index in [9.17, 15) is 9.59 Å². The predicted molar refractivity (Wildman–Crippen MR) is 84.9 cm³/mol. The average molecular weight is 336 g/mol. The van der Waals surface area contributed by atoms with Crippen molar-refractivity contribution in [3.8, 4) is 0 Å². The van der Waals surface area contributed by atoms with Gasteiger partial charge in [-0.1, -0.05) is 28.7 Å². The molecule has 3 rings (SSSR count). The largest absolute Gasteiger partial charge is 0.407 e. The smallest absolute Gasteiger partial charge is 0.270 e. The zero-order valence-corrected chi connectivity index (χ0v) is 13.4. The molecule has 1 saturated heterocycles. The van der Waals surface area contributed by atoms with Crippen molar-refractivity contribution in [3.63, 3.8) is 0 Å². The number of halogens is 1. The molecule has 1 aromatic carbocycles. The third-order valence-corrected chi connectivity index (χ3v) is 4.14. The molecule has 0 bridgehead atoms. The van der Waals surface area contributed by atoms with Crippen molar-refractivity contribution >= 4 is 35.3 Å². The molecule has 0 aliphatic carbocycles. The number of hydrogen-bond donors (Lipinski definition) is 2. The van der Waals surface area contributed by atoms with Crippen LogP contribution in [0.3, 0.4) is 0 Å². The summed E-state index contributed by atoms with van der Waals surface area (Å²) in [7, 11) is 3.03. The van der Waals surface area contributed by atoms with E-state index in [0.29, 0.717) is 23.4 Å². The van der Waals surface area contributed by atoms with Gasteiger partial charge in [0, 0.05) is 19.1 Å². The number of rotatable bonds is 2. The van der Waals surface area contributed by atoms with Crippen LogP contribution < -0.4 is 11.3 Å². The maximum atomic E-state index is 12.5. The first-order chi connectivity index (χ1) is 10.9. The van der Waals surface area contributed by atoms with Crippen molar-refractivity contribution in [2.45, 2.75) is 12.6 Å². The molecule has 2 aliphatic heterocycles. The van der Waals surface area contributed by atoms with Gasteiger partial charge >= 0.3 is 12.0 Å². The summed E-state index contributed by atoms with van der Waals surface area (Å²) in [6, 6.07) is 6.17. The molecular weight excluding hydrogens is 320 g/mol. The Bertz CT molecular complexity index is 759. The standard InChI is InChI=1S/C14H15ClN6O2/c1-19-11-10(12(22)20(2)14(19)23)21(13(17-11)18-16)7-8-4-3-5-9(15)6-8/h3-6,10H,7,16H2,1-2H3/p+1. The van der Waals surface area contributed by atoms with E-state index in [2.05, 4.69) is 10.4 Å². The number of nitrogens with two attached hydrogens (primary N) is 1. The van der Waals surface area contributed by atoms with Crippen LogP contribution in [0.2, 0.25) is 5.02 Å². The molecule has 23 heavy (non-hydrogen) atoms. The zero-order chi connectivity index (χ0) is 16.7. The van der Waals surface area contributed by atoms with Crippen molar-refractivity contribution in [2.24, 2.45) is 10.8 Å². The van der Waals surface area contributed by atoms with Crippen LogP contribution in [0.1, 0.15) is 5.56 Å². The van der Waals surface area contributed by atoms with Gasteiger partial charge in [0.15, 0.2) is 0 Å². The number of carbonyl (C=O) groups excluding carboxylic acids is 2. The normalized spacial score (nSPS) is 20.9. The lowest BCUT2D eigenvalue weighted by molar-refractivity contribution is -0.553. The number of nitrogens with one attached hydrogen (secondary N) is 1. The van der Waals surface area contributed by atoms with E-state index in [1.165, 1.54) is 11.9 Å². The van der Waals surface area contributed by atoms with Crippen LogP contribution in [-0.2, 0) is 11.3 Å². The first-order valence-electron chi connectivity index (χ1n) is 6.92. The molecule has 1 aromatic rings. The number of hydrogen-bond acceptors (Lipinski definition) is 5. The van der Waals surface area contributed by atoms with Gasteiger partial charge in [-0.05, 0) is 17.7 Å². The third-order valence-electron chi connectivity index (χ3n) is 3.90. The van der Waals surface area contributed by atoms with Gasteiger partial charge in [0.25, 0.3) is 5.91 Å². The first kappa shape index (κ1) is 15.4. The van der Waals surface area contributed by atoms with Crippen LogP contribution >= 0.6 is 11.6 Å². The second-order valence-corrected chi connectivity index (χ2v) is 5.77. The Hall–Kier alpha value is -2.45. The van der Waals surface area contributed by atoms with Gasteiger partial charge in [0.2, 0.25) is 11.9 Å². The van der Waals surface area contributed by atoms with Crippen molar-refractivity contribution < 1.29 is 14.2 Å². The molecule has 3 amide bonds. The molecule has 3 N–H and O–H groups in total. The number of nitrogens with zero attached hydrogens (tertiary/aromatic N) is 4. The summed E-state index contributed by atoms with van der Waals surface area (Å²) in [5.41, 5.74) is 3.39. The Morgan fingerprint density at radius 2 is 2.09 bits per heavy atom. The number of guanidine groups is 1. The fourth-order valence-electron chi connectivity index (χ4n) is 2.71. The summed E-state index contributed by atoms with van der Waals surface area (Å²) in [6.07, 6.45) is 0. The summed E-state index contributed by atoms with van der Waals surface area (Å²) in [5.74, 6) is 5.87. The molecule has 1 atom stereocenters. The highest BCUT2D eigenvalue weighted by molar-refractivity contribution is 6.30. The van der Waals surface area contributed by atoms with E-state index in [4.69, 9.17) is 17.4 Å². The number of fused-ring (bicyclic) bond motifs is 1. The number of urea groups is 1. The number of amidine groups is 1. The van der Waals surface area contributed by atoms with Gasteiger partial charge in [0.05, 0.1) is 6.54 Å². The molecule has 0 saturated carbocycles. The molecule has 0 aromatic heterocycles. The van der Waals surface area contributed by atoms with E-state index in [1.54, 1.807) is 23.8 Å². The summed E-state index contributed by atoms with van der Waals surface area (Å²) in [5, 5.41) is 0.601. The van der Waals surface area contributed by atoms with Crippen LogP contribution in [0.25, 0.3) is 0 Å². The number of amides is 3. The number of hydrazine groups is 1. The first-order valence-corrected chi connectivity index (χ1v) is 7.30. The number of likely N-dealkylation sites (N-methyl/N-ethyl adjacent to an activating group) is 2. The topological polar surface area (TPSA) is 94.0 Å². The molecule has 2 aliphatic rings. The molecule has 8 nitrogen and oxygen atoms in total. The van der Waals surface area contributed by atoms with Crippen molar-refractivity contribution in [1.29, 1.82) is 0 Å². The van der Waals surface area contributed by atoms with Gasteiger partial charge in [-0.15, -0.1) is 0 Å². The van der Waals surface area contributed by atoms with E-state index >= 15 is 0 Å². The number of carbonyl (C=O) groups is 2.